The molecule has 0 unspecified atom stereocenters. The van der Waals surface area contributed by atoms with Crippen LogP contribution in [0.25, 0.3) is 18.2 Å². The summed E-state index contributed by atoms with van der Waals surface area (Å²) in [6.07, 6.45) is 7.94. The van der Waals surface area contributed by atoms with Gasteiger partial charge in [0.05, 0.1) is 0 Å². The van der Waals surface area contributed by atoms with E-state index in [9.17, 15) is 29.7 Å². The van der Waals surface area contributed by atoms with Gasteiger partial charge in [0, 0.05) is 36.4 Å². The van der Waals surface area contributed by atoms with Crippen LogP contribution in [0.3, 0.4) is 0 Å². The molecule has 9 heteroatoms. The Labute approximate surface area is 240 Å². The van der Waals surface area contributed by atoms with E-state index in [2.05, 4.69) is 0 Å². The number of ether oxygens (including phenoxy) is 3. The second-order valence-electron chi connectivity index (χ2n) is 8.68. The van der Waals surface area contributed by atoms with E-state index in [0.717, 1.165) is 18.2 Å². The van der Waals surface area contributed by atoms with Gasteiger partial charge in [-0.1, -0.05) is 36.4 Å². The minimum absolute atomic E-state index is 0.0616. The van der Waals surface area contributed by atoms with Gasteiger partial charge in [-0.15, -0.1) is 0 Å². The van der Waals surface area contributed by atoms with Crippen molar-refractivity contribution in [3.05, 3.63) is 126 Å². The molecule has 4 rings (SSSR count). The van der Waals surface area contributed by atoms with Gasteiger partial charge < -0.3 is 29.5 Å². The molecule has 4 aromatic carbocycles. The summed E-state index contributed by atoms with van der Waals surface area (Å²) in [5.74, 6) is -2.22. The molecule has 9 nitrogen and oxygen atoms in total. The maximum atomic E-state index is 12.5. The molecule has 0 bridgehead atoms. The fourth-order valence-corrected chi connectivity index (χ4v) is 3.42. The molecule has 0 aliphatic rings. The molecule has 0 aromatic heterocycles. The number of phenols is 3. The molecule has 0 saturated carbocycles. The number of carbonyl (C=O) groups is 3. The lowest BCUT2D eigenvalue weighted by molar-refractivity contribution is -0.129. The molecular weight excluding hydrogens is 540 g/mol. The first-order chi connectivity index (χ1) is 20.2. The Bertz CT molecular complexity index is 1440. The summed E-state index contributed by atoms with van der Waals surface area (Å²) >= 11 is 0. The van der Waals surface area contributed by atoms with Crippen LogP contribution in [0.1, 0.15) is 16.7 Å². The molecule has 0 aliphatic carbocycles. The van der Waals surface area contributed by atoms with Crippen molar-refractivity contribution in [2.75, 3.05) is 0 Å². The van der Waals surface area contributed by atoms with Gasteiger partial charge in [0.25, 0.3) is 0 Å². The van der Waals surface area contributed by atoms with Gasteiger partial charge in [-0.2, -0.15) is 0 Å². The van der Waals surface area contributed by atoms with Crippen LogP contribution in [-0.4, -0.2) is 33.2 Å². The predicted octanol–water partition coefficient (Wildman–Crippen LogP) is 5.66. The lowest BCUT2D eigenvalue weighted by atomic mass is 10.2. The predicted molar refractivity (Wildman–Crippen MR) is 155 cm³/mol. The maximum Gasteiger partial charge on any atom is 0.336 e. The fraction of sp³-hybridized carbons (Fsp3) is 0. The van der Waals surface area contributed by atoms with Crippen LogP contribution >= 0.6 is 0 Å². The van der Waals surface area contributed by atoms with Crippen molar-refractivity contribution in [2.45, 2.75) is 0 Å². The van der Waals surface area contributed by atoms with Crippen LogP contribution in [0.15, 0.2) is 109 Å². The van der Waals surface area contributed by atoms with E-state index in [1.807, 2.05) is 0 Å². The largest absolute Gasteiger partial charge is 0.508 e. The normalized spacial score (nSPS) is 11.1. The highest BCUT2D eigenvalue weighted by Gasteiger charge is 2.12. The molecule has 42 heavy (non-hydrogen) atoms. The number of rotatable bonds is 9. The third kappa shape index (κ3) is 9.28. The van der Waals surface area contributed by atoms with Gasteiger partial charge in [-0.05, 0) is 71.3 Å². The van der Waals surface area contributed by atoms with Crippen molar-refractivity contribution in [1.29, 1.82) is 0 Å². The summed E-state index contributed by atoms with van der Waals surface area (Å²) in [7, 11) is 0. The van der Waals surface area contributed by atoms with Gasteiger partial charge in [0.1, 0.15) is 34.5 Å². The molecule has 3 N–H and O–H groups in total. The first kappa shape index (κ1) is 28.9. The van der Waals surface area contributed by atoms with E-state index < -0.39 is 17.9 Å². The molecule has 0 spiro atoms. The summed E-state index contributed by atoms with van der Waals surface area (Å²) in [5, 5.41) is 28.2. The minimum Gasteiger partial charge on any atom is -0.508 e. The zero-order valence-electron chi connectivity index (χ0n) is 21.9. The highest BCUT2D eigenvalue weighted by atomic mass is 16.6. The van der Waals surface area contributed by atoms with Gasteiger partial charge in [0.2, 0.25) is 0 Å². The van der Waals surface area contributed by atoms with Crippen LogP contribution in [0.4, 0.5) is 0 Å². The van der Waals surface area contributed by atoms with Crippen molar-refractivity contribution < 1.29 is 43.9 Å². The van der Waals surface area contributed by atoms with E-state index in [-0.39, 0.29) is 34.5 Å². The van der Waals surface area contributed by atoms with Gasteiger partial charge in [0.15, 0.2) is 0 Å². The molecular formula is C33H24O9. The number of carbonyl (C=O) groups excluding carboxylic acids is 3. The highest BCUT2D eigenvalue weighted by Crippen LogP contribution is 2.29. The summed E-state index contributed by atoms with van der Waals surface area (Å²) in [5.41, 5.74) is 1.92. The van der Waals surface area contributed by atoms with Gasteiger partial charge >= 0.3 is 17.9 Å². The Kier molecular flexibility index (Phi) is 9.51. The molecule has 0 radical (unpaired) electrons. The first-order valence-corrected chi connectivity index (χ1v) is 12.4. The minimum atomic E-state index is -0.761. The number of hydrogen-bond acceptors (Lipinski definition) is 9. The summed E-state index contributed by atoms with van der Waals surface area (Å²) in [6, 6.07) is 22.3. The Balaban J connectivity index is 1.50. The van der Waals surface area contributed by atoms with E-state index in [1.54, 1.807) is 36.4 Å². The second kappa shape index (κ2) is 13.8. The summed E-state index contributed by atoms with van der Waals surface area (Å²) in [6.45, 7) is 0. The Morgan fingerprint density at radius 1 is 0.429 bits per heavy atom. The Hall–Kier alpha value is -6.09. The maximum absolute atomic E-state index is 12.5. The zero-order valence-corrected chi connectivity index (χ0v) is 21.9. The molecule has 210 valence electrons. The second-order valence-corrected chi connectivity index (χ2v) is 8.68. The van der Waals surface area contributed by atoms with Crippen LogP contribution in [0.2, 0.25) is 0 Å². The molecule has 0 amide bonds. The average Bonchev–Trinajstić information content (AvgIpc) is 2.96. The molecule has 0 saturated heterocycles. The first-order valence-electron chi connectivity index (χ1n) is 12.4. The van der Waals surface area contributed by atoms with Crippen LogP contribution < -0.4 is 14.2 Å². The molecule has 0 fully saturated rings. The molecule has 0 heterocycles. The SMILES string of the molecule is O=C(C=Cc1ccc(O)cc1)Oc1cc(OC(=O)C=Cc2ccc(O)cc2)cc(OC(=O)C=Cc2ccc(O)cc2)c1. The standard InChI is InChI=1S/C33H24O9/c34-25-10-1-22(2-11-25)7-16-31(37)40-28-19-29(41-32(38)17-8-23-3-12-26(35)13-4-23)21-30(20-28)42-33(39)18-9-24-5-14-27(36)15-6-24/h1-21,34-36H. The smallest absolute Gasteiger partial charge is 0.336 e. The fourth-order valence-electron chi connectivity index (χ4n) is 3.42. The van der Waals surface area contributed by atoms with Crippen molar-refractivity contribution in [3.8, 4) is 34.5 Å². The number of benzene rings is 4. The van der Waals surface area contributed by atoms with Crippen LogP contribution in [0, 0.1) is 0 Å². The van der Waals surface area contributed by atoms with E-state index >= 15 is 0 Å². The van der Waals surface area contributed by atoms with Crippen molar-refractivity contribution in [3.63, 3.8) is 0 Å². The van der Waals surface area contributed by atoms with E-state index in [0.29, 0.717) is 16.7 Å². The van der Waals surface area contributed by atoms with E-state index in [1.165, 1.54) is 72.8 Å². The Morgan fingerprint density at radius 3 is 0.905 bits per heavy atom. The van der Waals surface area contributed by atoms with Gasteiger partial charge in [-0.25, -0.2) is 14.4 Å². The van der Waals surface area contributed by atoms with Gasteiger partial charge in [-0.3, -0.25) is 0 Å². The number of esters is 3. The lowest BCUT2D eigenvalue weighted by Gasteiger charge is -2.09. The zero-order chi connectivity index (χ0) is 29.9. The van der Waals surface area contributed by atoms with Crippen molar-refractivity contribution in [2.24, 2.45) is 0 Å². The van der Waals surface area contributed by atoms with Crippen LogP contribution in [0.5, 0.6) is 34.5 Å². The third-order valence-electron chi connectivity index (χ3n) is 5.42. The topological polar surface area (TPSA) is 140 Å². The molecule has 4 aromatic rings. The lowest BCUT2D eigenvalue weighted by Crippen LogP contribution is -2.08. The number of hydrogen-bond donors (Lipinski definition) is 3. The Morgan fingerprint density at radius 2 is 0.667 bits per heavy atom. The number of aromatic hydroxyl groups is 3. The monoisotopic (exact) mass is 564 g/mol. The van der Waals surface area contributed by atoms with E-state index in [4.69, 9.17) is 14.2 Å². The van der Waals surface area contributed by atoms with Crippen LogP contribution in [-0.2, 0) is 14.4 Å². The highest BCUT2D eigenvalue weighted by molar-refractivity contribution is 5.91. The molecule has 0 aliphatic heterocycles. The molecule has 0 atom stereocenters. The summed E-state index contributed by atoms with van der Waals surface area (Å²) < 4.78 is 16.0. The van der Waals surface area contributed by atoms with Crippen molar-refractivity contribution in [1.82, 2.24) is 0 Å². The number of phenolic OH excluding ortho intramolecular Hbond substituents is 3. The quantitative estimate of drug-likeness (QED) is 0.133. The third-order valence-corrected chi connectivity index (χ3v) is 5.42. The van der Waals surface area contributed by atoms with Crippen molar-refractivity contribution >= 4 is 36.1 Å². The average molecular weight is 565 g/mol. The summed E-state index contributed by atoms with van der Waals surface area (Å²) in [4.78, 5) is 37.4.